The van der Waals surface area contributed by atoms with Crippen molar-refractivity contribution in [1.82, 2.24) is 10.2 Å². The van der Waals surface area contributed by atoms with Gasteiger partial charge in [-0.2, -0.15) is 0 Å². The van der Waals surface area contributed by atoms with Gasteiger partial charge in [-0.3, -0.25) is 0 Å². The molecule has 0 aromatic heterocycles. The lowest BCUT2D eigenvalue weighted by molar-refractivity contribution is 0.306. The van der Waals surface area contributed by atoms with Crippen molar-refractivity contribution in [3.8, 4) is 0 Å². The van der Waals surface area contributed by atoms with Crippen LogP contribution in [0.4, 0.5) is 0 Å². The first-order chi connectivity index (χ1) is 8.18. The summed E-state index contributed by atoms with van der Waals surface area (Å²) in [6.45, 7) is 9.33. The minimum atomic E-state index is 0.0704. The summed E-state index contributed by atoms with van der Waals surface area (Å²) in [5.74, 6) is 0. The van der Waals surface area contributed by atoms with Crippen molar-refractivity contribution in [3.05, 3.63) is 35.9 Å². The summed E-state index contributed by atoms with van der Waals surface area (Å²) in [5, 5.41) is 3.66. The van der Waals surface area contributed by atoms with Gasteiger partial charge in [0.05, 0.1) is 0 Å². The number of nitrogens with one attached hydrogen (secondary N) is 1. The van der Waals surface area contributed by atoms with Gasteiger partial charge in [0.25, 0.3) is 0 Å². The molecule has 0 radical (unpaired) electrons. The van der Waals surface area contributed by atoms with E-state index in [0.29, 0.717) is 0 Å². The standard InChI is InChI=1S/C15H24N2/c1-15(2,14-8-4-3-5-9-14)16-10-13-17-11-6-7-12-17/h3-5,8-9,16H,6-7,10-13H2,1-2H3. The summed E-state index contributed by atoms with van der Waals surface area (Å²) < 4.78 is 0. The lowest BCUT2D eigenvalue weighted by atomic mass is 9.94. The highest BCUT2D eigenvalue weighted by atomic mass is 15.2. The van der Waals surface area contributed by atoms with Crippen molar-refractivity contribution in [2.24, 2.45) is 0 Å². The van der Waals surface area contributed by atoms with Gasteiger partial charge in [-0.1, -0.05) is 30.3 Å². The van der Waals surface area contributed by atoms with Crippen LogP contribution in [0.1, 0.15) is 32.3 Å². The Balaban J connectivity index is 1.80. The van der Waals surface area contributed by atoms with Crippen LogP contribution in [0, 0.1) is 0 Å². The first-order valence-corrected chi connectivity index (χ1v) is 6.71. The minimum absolute atomic E-state index is 0.0704. The van der Waals surface area contributed by atoms with Gasteiger partial charge in [-0.25, -0.2) is 0 Å². The van der Waals surface area contributed by atoms with Gasteiger partial charge >= 0.3 is 0 Å². The zero-order chi connectivity index (χ0) is 12.1. The molecule has 0 bridgehead atoms. The van der Waals surface area contributed by atoms with E-state index in [9.17, 15) is 0 Å². The lowest BCUT2D eigenvalue weighted by Gasteiger charge is -2.28. The van der Waals surface area contributed by atoms with E-state index in [1.807, 2.05) is 0 Å². The molecule has 1 aromatic carbocycles. The number of benzene rings is 1. The highest BCUT2D eigenvalue weighted by Gasteiger charge is 2.19. The van der Waals surface area contributed by atoms with Crippen molar-refractivity contribution in [3.63, 3.8) is 0 Å². The number of likely N-dealkylation sites (tertiary alicyclic amines) is 1. The van der Waals surface area contributed by atoms with Crippen molar-refractivity contribution in [2.75, 3.05) is 26.2 Å². The third-order valence-electron chi connectivity index (χ3n) is 3.69. The smallest absolute Gasteiger partial charge is 0.0377 e. The predicted octanol–water partition coefficient (Wildman–Crippen LogP) is 2.61. The lowest BCUT2D eigenvalue weighted by Crippen LogP contribution is -2.41. The second-order valence-corrected chi connectivity index (χ2v) is 5.47. The van der Waals surface area contributed by atoms with E-state index in [1.54, 1.807) is 0 Å². The topological polar surface area (TPSA) is 15.3 Å². The van der Waals surface area contributed by atoms with Gasteiger partial charge in [-0.05, 0) is 45.3 Å². The van der Waals surface area contributed by atoms with Gasteiger partial charge in [-0.15, -0.1) is 0 Å². The van der Waals surface area contributed by atoms with Gasteiger partial charge in [0, 0.05) is 18.6 Å². The second-order valence-electron chi connectivity index (χ2n) is 5.47. The average Bonchev–Trinajstić information content (AvgIpc) is 2.83. The zero-order valence-electron chi connectivity index (χ0n) is 11.1. The van der Waals surface area contributed by atoms with Gasteiger partial charge in [0.2, 0.25) is 0 Å². The zero-order valence-corrected chi connectivity index (χ0v) is 11.1. The summed E-state index contributed by atoms with van der Waals surface area (Å²) in [7, 11) is 0. The molecule has 17 heavy (non-hydrogen) atoms. The molecule has 2 heteroatoms. The molecule has 0 spiro atoms. The summed E-state index contributed by atoms with van der Waals surface area (Å²) in [5.41, 5.74) is 1.43. The molecular formula is C15H24N2. The predicted molar refractivity (Wildman–Crippen MR) is 73.1 cm³/mol. The van der Waals surface area contributed by atoms with E-state index in [2.05, 4.69) is 54.4 Å². The first-order valence-electron chi connectivity index (χ1n) is 6.71. The highest BCUT2D eigenvalue weighted by Crippen LogP contribution is 2.19. The Kier molecular flexibility index (Phi) is 4.19. The van der Waals surface area contributed by atoms with Crippen molar-refractivity contribution >= 4 is 0 Å². The molecule has 1 aromatic rings. The molecule has 1 aliphatic heterocycles. The van der Waals surface area contributed by atoms with Crippen LogP contribution in [-0.2, 0) is 5.54 Å². The normalized spacial score (nSPS) is 17.5. The Morgan fingerprint density at radius 2 is 1.76 bits per heavy atom. The summed E-state index contributed by atoms with van der Waals surface area (Å²) in [6, 6.07) is 10.7. The summed E-state index contributed by atoms with van der Waals surface area (Å²) in [4.78, 5) is 2.55. The van der Waals surface area contributed by atoms with Crippen LogP contribution in [0.3, 0.4) is 0 Å². The first kappa shape index (κ1) is 12.6. The Morgan fingerprint density at radius 3 is 2.41 bits per heavy atom. The summed E-state index contributed by atoms with van der Waals surface area (Å²) in [6.07, 6.45) is 2.75. The number of rotatable bonds is 5. The maximum Gasteiger partial charge on any atom is 0.0377 e. The van der Waals surface area contributed by atoms with E-state index in [0.717, 1.165) is 6.54 Å². The summed E-state index contributed by atoms with van der Waals surface area (Å²) >= 11 is 0. The quantitative estimate of drug-likeness (QED) is 0.839. The molecule has 1 heterocycles. The number of nitrogens with zero attached hydrogens (tertiary/aromatic N) is 1. The second kappa shape index (κ2) is 5.65. The van der Waals surface area contributed by atoms with Crippen LogP contribution in [-0.4, -0.2) is 31.1 Å². The van der Waals surface area contributed by atoms with Crippen molar-refractivity contribution in [2.45, 2.75) is 32.2 Å². The largest absolute Gasteiger partial charge is 0.307 e. The van der Waals surface area contributed by atoms with Crippen molar-refractivity contribution < 1.29 is 0 Å². The number of hydrogen-bond acceptors (Lipinski definition) is 2. The van der Waals surface area contributed by atoms with Gasteiger partial charge in [0.15, 0.2) is 0 Å². The van der Waals surface area contributed by atoms with E-state index in [1.165, 1.54) is 38.0 Å². The fourth-order valence-electron chi connectivity index (χ4n) is 2.49. The van der Waals surface area contributed by atoms with E-state index >= 15 is 0 Å². The molecule has 1 aliphatic rings. The van der Waals surface area contributed by atoms with Crippen LogP contribution in [0.15, 0.2) is 30.3 Å². The Hall–Kier alpha value is -0.860. The van der Waals surface area contributed by atoms with E-state index in [4.69, 9.17) is 0 Å². The molecule has 1 saturated heterocycles. The SMILES string of the molecule is CC(C)(NCCN1CCCC1)c1ccccc1. The monoisotopic (exact) mass is 232 g/mol. The maximum atomic E-state index is 3.66. The fourth-order valence-corrected chi connectivity index (χ4v) is 2.49. The molecule has 0 atom stereocenters. The van der Waals surface area contributed by atoms with Crippen LogP contribution in [0.25, 0.3) is 0 Å². The van der Waals surface area contributed by atoms with Crippen LogP contribution in [0.5, 0.6) is 0 Å². The van der Waals surface area contributed by atoms with Crippen LogP contribution in [0.2, 0.25) is 0 Å². The molecule has 0 amide bonds. The van der Waals surface area contributed by atoms with Gasteiger partial charge < -0.3 is 10.2 Å². The van der Waals surface area contributed by atoms with Crippen LogP contribution < -0.4 is 5.32 Å². The maximum absolute atomic E-state index is 3.66. The van der Waals surface area contributed by atoms with E-state index in [-0.39, 0.29) is 5.54 Å². The fraction of sp³-hybridized carbons (Fsp3) is 0.600. The third kappa shape index (κ3) is 3.55. The van der Waals surface area contributed by atoms with Gasteiger partial charge in [0.1, 0.15) is 0 Å². The molecule has 0 saturated carbocycles. The Labute approximate surface area is 105 Å². The van der Waals surface area contributed by atoms with Crippen LogP contribution >= 0.6 is 0 Å². The molecule has 2 nitrogen and oxygen atoms in total. The molecule has 94 valence electrons. The molecule has 0 aliphatic carbocycles. The minimum Gasteiger partial charge on any atom is -0.307 e. The van der Waals surface area contributed by atoms with E-state index < -0.39 is 0 Å². The number of hydrogen-bond donors (Lipinski definition) is 1. The molecule has 1 fully saturated rings. The molecule has 1 N–H and O–H groups in total. The molecular weight excluding hydrogens is 208 g/mol. The average molecular weight is 232 g/mol. The Bertz CT molecular complexity index is 326. The highest BCUT2D eigenvalue weighted by molar-refractivity contribution is 5.22. The van der Waals surface area contributed by atoms with Crippen molar-refractivity contribution in [1.29, 1.82) is 0 Å². The molecule has 2 rings (SSSR count). The third-order valence-corrected chi connectivity index (χ3v) is 3.69. The Morgan fingerprint density at radius 1 is 1.12 bits per heavy atom. The molecule has 0 unspecified atom stereocenters.